The van der Waals surface area contributed by atoms with E-state index in [2.05, 4.69) is 5.32 Å². The molecule has 0 radical (unpaired) electrons. The van der Waals surface area contributed by atoms with Gasteiger partial charge in [0.15, 0.2) is 11.5 Å². The molecule has 1 aromatic carbocycles. The lowest BCUT2D eigenvalue weighted by Gasteiger charge is -2.34. The summed E-state index contributed by atoms with van der Waals surface area (Å²) in [6, 6.07) is 5.67. The Balaban J connectivity index is 1.80. The topological polar surface area (TPSA) is 71.1 Å². The summed E-state index contributed by atoms with van der Waals surface area (Å²) in [5, 5.41) is 2.87. The van der Waals surface area contributed by atoms with Gasteiger partial charge in [-0.2, -0.15) is 0 Å². The van der Waals surface area contributed by atoms with Crippen molar-refractivity contribution < 1.29 is 19.1 Å². The summed E-state index contributed by atoms with van der Waals surface area (Å²) < 4.78 is 10.5. The van der Waals surface area contributed by atoms with Crippen LogP contribution in [-0.2, 0) is 11.2 Å². The summed E-state index contributed by atoms with van der Waals surface area (Å²) in [6.45, 7) is 5.04. The molecule has 2 rings (SSSR count). The molecule has 1 heterocycles. The van der Waals surface area contributed by atoms with Gasteiger partial charge in [0, 0.05) is 39.1 Å². The minimum atomic E-state index is -0.0377. The molecule has 0 unspecified atom stereocenters. The highest BCUT2D eigenvalue weighted by Gasteiger charge is 2.23. The first-order valence-electron chi connectivity index (χ1n) is 9.10. The largest absolute Gasteiger partial charge is 0.493 e. The molecule has 3 amide bonds. The Kier molecular flexibility index (Phi) is 7.56. The Morgan fingerprint density at radius 1 is 1.04 bits per heavy atom. The van der Waals surface area contributed by atoms with Crippen LogP contribution in [0, 0.1) is 0 Å². The van der Waals surface area contributed by atoms with E-state index in [1.165, 1.54) is 0 Å². The minimum Gasteiger partial charge on any atom is -0.493 e. The highest BCUT2D eigenvalue weighted by molar-refractivity contribution is 5.78. The Morgan fingerprint density at radius 2 is 1.69 bits per heavy atom. The van der Waals surface area contributed by atoms with Crippen LogP contribution < -0.4 is 14.8 Å². The van der Waals surface area contributed by atoms with E-state index in [9.17, 15) is 9.59 Å². The van der Waals surface area contributed by atoms with E-state index < -0.39 is 0 Å². The molecular formula is C19H29N3O4. The normalized spacial score (nSPS) is 14.1. The number of carbonyl (C=O) groups excluding carboxylic acids is 2. The van der Waals surface area contributed by atoms with Crippen molar-refractivity contribution in [2.24, 2.45) is 0 Å². The van der Waals surface area contributed by atoms with Crippen LogP contribution >= 0.6 is 0 Å². The number of nitrogens with zero attached hydrogens (tertiary/aromatic N) is 2. The number of ether oxygens (including phenoxy) is 2. The fraction of sp³-hybridized carbons (Fsp3) is 0.579. The summed E-state index contributed by atoms with van der Waals surface area (Å²) in [5.41, 5.74) is 1.04. The van der Waals surface area contributed by atoms with Crippen LogP contribution in [-0.4, -0.2) is 68.7 Å². The van der Waals surface area contributed by atoms with Gasteiger partial charge in [-0.15, -0.1) is 0 Å². The smallest absolute Gasteiger partial charge is 0.317 e. The van der Waals surface area contributed by atoms with Crippen LogP contribution in [0.1, 0.15) is 25.3 Å². The number of methoxy groups -OCH3 is 2. The molecule has 0 aliphatic carbocycles. The predicted molar refractivity (Wildman–Crippen MR) is 99.7 cm³/mol. The number of nitrogens with one attached hydrogen (secondary N) is 1. The van der Waals surface area contributed by atoms with Crippen LogP contribution in [0.3, 0.4) is 0 Å². The van der Waals surface area contributed by atoms with Crippen molar-refractivity contribution in [1.82, 2.24) is 15.1 Å². The van der Waals surface area contributed by atoms with Gasteiger partial charge >= 0.3 is 6.03 Å². The molecule has 0 bridgehead atoms. The molecule has 1 fully saturated rings. The summed E-state index contributed by atoms with van der Waals surface area (Å²) in [7, 11) is 3.20. The number of rotatable bonds is 7. The van der Waals surface area contributed by atoms with E-state index in [0.717, 1.165) is 12.0 Å². The van der Waals surface area contributed by atoms with E-state index in [1.807, 2.05) is 30.0 Å². The van der Waals surface area contributed by atoms with Gasteiger partial charge in [-0.1, -0.05) is 13.0 Å². The lowest BCUT2D eigenvalue weighted by molar-refractivity contribution is -0.132. The maximum Gasteiger partial charge on any atom is 0.317 e. The molecule has 0 saturated carbocycles. The van der Waals surface area contributed by atoms with Crippen LogP contribution in [0.5, 0.6) is 11.5 Å². The molecule has 0 atom stereocenters. The second kappa shape index (κ2) is 9.89. The number of carbonyl (C=O) groups is 2. The third-order valence-corrected chi connectivity index (χ3v) is 4.52. The molecule has 7 nitrogen and oxygen atoms in total. The van der Waals surface area contributed by atoms with Crippen molar-refractivity contribution in [3.05, 3.63) is 23.8 Å². The molecule has 7 heteroatoms. The van der Waals surface area contributed by atoms with Gasteiger partial charge in [0.2, 0.25) is 5.91 Å². The fourth-order valence-corrected chi connectivity index (χ4v) is 2.95. The Labute approximate surface area is 155 Å². The number of amides is 3. The van der Waals surface area contributed by atoms with Gasteiger partial charge < -0.3 is 24.6 Å². The fourth-order valence-electron chi connectivity index (χ4n) is 2.95. The predicted octanol–water partition coefficient (Wildman–Crippen LogP) is 1.90. The van der Waals surface area contributed by atoms with Crippen LogP contribution in [0.2, 0.25) is 0 Å². The number of piperazine rings is 1. The van der Waals surface area contributed by atoms with Crippen molar-refractivity contribution in [3.8, 4) is 11.5 Å². The molecule has 0 aromatic heterocycles. The summed E-state index contributed by atoms with van der Waals surface area (Å²) in [4.78, 5) is 28.0. The van der Waals surface area contributed by atoms with Gasteiger partial charge in [0.1, 0.15) is 0 Å². The molecule has 0 spiro atoms. The van der Waals surface area contributed by atoms with E-state index in [4.69, 9.17) is 9.47 Å². The highest BCUT2D eigenvalue weighted by Crippen LogP contribution is 2.28. The Bertz CT molecular complexity index is 613. The second-order valence-corrected chi connectivity index (χ2v) is 6.29. The van der Waals surface area contributed by atoms with Gasteiger partial charge in [-0.05, 0) is 30.5 Å². The van der Waals surface area contributed by atoms with Gasteiger partial charge in [-0.25, -0.2) is 4.79 Å². The molecule has 144 valence electrons. The molecule has 1 aliphatic heterocycles. The van der Waals surface area contributed by atoms with E-state index in [1.54, 1.807) is 19.1 Å². The molecule has 26 heavy (non-hydrogen) atoms. The van der Waals surface area contributed by atoms with Crippen molar-refractivity contribution in [2.45, 2.75) is 26.2 Å². The first-order chi connectivity index (χ1) is 12.6. The number of urea groups is 1. The first-order valence-corrected chi connectivity index (χ1v) is 9.10. The van der Waals surface area contributed by atoms with Crippen molar-refractivity contribution in [2.75, 3.05) is 46.9 Å². The average molecular weight is 363 g/mol. The Hall–Kier alpha value is -2.44. The average Bonchev–Trinajstić information content (AvgIpc) is 2.69. The summed E-state index contributed by atoms with van der Waals surface area (Å²) in [5.74, 6) is 1.47. The summed E-state index contributed by atoms with van der Waals surface area (Å²) >= 11 is 0. The number of benzene rings is 1. The third kappa shape index (κ3) is 5.28. The lowest BCUT2D eigenvalue weighted by Crippen LogP contribution is -2.53. The maximum atomic E-state index is 12.4. The van der Waals surface area contributed by atoms with Gasteiger partial charge in [0.05, 0.1) is 14.2 Å². The summed E-state index contributed by atoms with van der Waals surface area (Å²) in [6.07, 6.45) is 2.01. The number of aryl methyl sites for hydroxylation is 1. The maximum absolute atomic E-state index is 12.4. The lowest BCUT2D eigenvalue weighted by atomic mass is 10.1. The molecule has 1 aliphatic rings. The first kappa shape index (κ1) is 19.9. The minimum absolute atomic E-state index is 0.0377. The van der Waals surface area contributed by atoms with Gasteiger partial charge in [-0.3, -0.25) is 4.79 Å². The monoisotopic (exact) mass is 363 g/mol. The second-order valence-electron chi connectivity index (χ2n) is 6.29. The molecule has 1 aromatic rings. The number of hydrogen-bond donors (Lipinski definition) is 1. The Morgan fingerprint density at radius 3 is 2.31 bits per heavy atom. The van der Waals surface area contributed by atoms with Crippen LogP contribution in [0.4, 0.5) is 4.79 Å². The van der Waals surface area contributed by atoms with Crippen molar-refractivity contribution in [1.29, 1.82) is 0 Å². The molecule has 1 N–H and O–H groups in total. The van der Waals surface area contributed by atoms with Gasteiger partial charge in [0.25, 0.3) is 0 Å². The number of hydrogen-bond acceptors (Lipinski definition) is 4. The quantitative estimate of drug-likeness (QED) is 0.803. The van der Waals surface area contributed by atoms with Crippen molar-refractivity contribution >= 4 is 11.9 Å². The zero-order chi connectivity index (χ0) is 18.9. The van der Waals surface area contributed by atoms with Crippen LogP contribution in [0.25, 0.3) is 0 Å². The SMILES string of the molecule is CCCNC(=O)N1CCN(C(=O)CCc2ccc(OC)c(OC)c2)CC1. The zero-order valence-corrected chi connectivity index (χ0v) is 15.9. The highest BCUT2D eigenvalue weighted by atomic mass is 16.5. The zero-order valence-electron chi connectivity index (χ0n) is 15.9. The molecule has 1 saturated heterocycles. The van der Waals surface area contributed by atoms with Crippen molar-refractivity contribution in [3.63, 3.8) is 0 Å². The standard InChI is InChI=1S/C19H29N3O4/c1-4-9-20-19(24)22-12-10-21(11-13-22)18(23)8-6-15-5-7-16(25-2)17(14-15)26-3/h5,7,14H,4,6,8-13H2,1-3H3,(H,20,24). The van der Waals surface area contributed by atoms with Crippen LogP contribution in [0.15, 0.2) is 18.2 Å². The third-order valence-electron chi connectivity index (χ3n) is 4.52. The van der Waals surface area contributed by atoms with E-state index in [-0.39, 0.29) is 11.9 Å². The van der Waals surface area contributed by atoms with E-state index >= 15 is 0 Å². The van der Waals surface area contributed by atoms with E-state index in [0.29, 0.717) is 57.1 Å². The molecular weight excluding hydrogens is 334 g/mol.